The Balaban J connectivity index is 1.60. The molecule has 0 aliphatic rings. The quantitative estimate of drug-likeness (QED) is 0.452. The average molecular weight is 397 g/mol. The van der Waals surface area contributed by atoms with Crippen LogP contribution in [0.5, 0.6) is 0 Å². The molecule has 1 aromatic carbocycles. The number of thiophene rings is 1. The summed E-state index contributed by atoms with van der Waals surface area (Å²) in [5.74, 6) is 2.55. The summed E-state index contributed by atoms with van der Waals surface area (Å²) in [4.78, 5) is 6.02. The van der Waals surface area contributed by atoms with Crippen molar-refractivity contribution in [3.05, 3.63) is 69.9 Å². The van der Waals surface area contributed by atoms with Crippen LogP contribution < -0.4 is 10.6 Å². The lowest BCUT2D eigenvalue weighted by Crippen LogP contribution is -2.42. The van der Waals surface area contributed by atoms with Gasteiger partial charge in [-0.05, 0) is 43.7 Å². The van der Waals surface area contributed by atoms with E-state index in [0.29, 0.717) is 12.6 Å². The first-order valence-electron chi connectivity index (χ1n) is 9.58. The summed E-state index contributed by atoms with van der Waals surface area (Å²) >= 11 is 1.74. The van der Waals surface area contributed by atoms with Crippen LogP contribution in [0.2, 0.25) is 0 Å². The van der Waals surface area contributed by atoms with E-state index in [-0.39, 0.29) is 0 Å². The van der Waals surface area contributed by atoms with E-state index in [1.807, 2.05) is 18.5 Å². The van der Waals surface area contributed by atoms with Gasteiger partial charge in [-0.25, -0.2) is 4.99 Å². The molecular weight excluding hydrogens is 368 g/mol. The molecule has 0 amide bonds. The van der Waals surface area contributed by atoms with Gasteiger partial charge in [0.05, 0.1) is 6.54 Å². The number of nitrogens with zero attached hydrogens (tertiary/aromatic N) is 4. The zero-order chi connectivity index (χ0) is 19.8. The first-order valence-corrected chi connectivity index (χ1v) is 10.5. The highest BCUT2D eigenvalue weighted by Gasteiger charge is 2.09. The average Bonchev–Trinajstić information content (AvgIpc) is 3.34. The van der Waals surface area contributed by atoms with E-state index in [9.17, 15) is 0 Å². The molecule has 0 radical (unpaired) electrons. The molecule has 0 fully saturated rings. The SMILES string of the molecule is Cc1nnc(CN=C(NCc2cccs2)NC(C)CCc2ccccc2)n1C. The summed E-state index contributed by atoms with van der Waals surface area (Å²) in [7, 11) is 1.97. The number of aromatic nitrogens is 3. The van der Waals surface area contributed by atoms with Gasteiger partial charge in [0.1, 0.15) is 12.4 Å². The lowest BCUT2D eigenvalue weighted by Gasteiger charge is -2.18. The van der Waals surface area contributed by atoms with E-state index in [1.54, 1.807) is 11.3 Å². The molecular formula is C21H28N6S. The molecule has 2 aromatic heterocycles. The first kappa shape index (κ1) is 20.1. The van der Waals surface area contributed by atoms with Crippen LogP contribution in [0.1, 0.15) is 35.4 Å². The van der Waals surface area contributed by atoms with Gasteiger partial charge in [0.25, 0.3) is 0 Å². The Labute approximate surface area is 170 Å². The highest BCUT2D eigenvalue weighted by atomic mass is 32.1. The molecule has 28 heavy (non-hydrogen) atoms. The van der Waals surface area contributed by atoms with Crippen LogP contribution in [0.25, 0.3) is 0 Å². The summed E-state index contributed by atoms with van der Waals surface area (Å²) in [5.41, 5.74) is 1.36. The second-order valence-corrected chi connectivity index (χ2v) is 7.92. The Morgan fingerprint density at radius 1 is 1.18 bits per heavy atom. The minimum atomic E-state index is 0.302. The van der Waals surface area contributed by atoms with Gasteiger partial charge in [-0.3, -0.25) is 0 Å². The highest BCUT2D eigenvalue weighted by molar-refractivity contribution is 7.09. The largest absolute Gasteiger partial charge is 0.354 e. The normalized spacial score (nSPS) is 12.8. The fraction of sp³-hybridized carbons (Fsp3) is 0.381. The number of guanidine groups is 1. The van der Waals surface area contributed by atoms with E-state index in [1.165, 1.54) is 10.4 Å². The maximum Gasteiger partial charge on any atom is 0.192 e. The maximum atomic E-state index is 4.74. The Kier molecular flexibility index (Phi) is 7.19. The van der Waals surface area contributed by atoms with E-state index in [2.05, 4.69) is 75.6 Å². The van der Waals surface area contributed by atoms with E-state index in [0.717, 1.165) is 37.0 Å². The van der Waals surface area contributed by atoms with Crippen LogP contribution in [-0.4, -0.2) is 26.8 Å². The zero-order valence-corrected chi connectivity index (χ0v) is 17.5. The molecule has 0 saturated heterocycles. The Bertz CT molecular complexity index is 870. The maximum absolute atomic E-state index is 4.74. The molecule has 6 nitrogen and oxygen atoms in total. The van der Waals surface area contributed by atoms with E-state index >= 15 is 0 Å². The van der Waals surface area contributed by atoms with Crippen molar-refractivity contribution in [1.82, 2.24) is 25.4 Å². The number of hydrogen-bond donors (Lipinski definition) is 2. The van der Waals surface area contributed by atoms with Crippen molar-refractivity contribution in [2.24, 2.45) is 12.0 Å². The summed E-state index contributed by atoms with van der Waals surface area (Å²) in [5, 5.41) is 17.4. The van der Waals surface area contributed by atoms with Gasteiger partial charge in [-0.15, -0.1) is 21.5 Å². The van der Waals surface area contributed by atoms with Gasteiger partial charge in [-0.1, -0.05) is 36.4 Å². The molecule has 1 unspecified atom stereocenters. The van der Waals surface area contributed by atoms with Gasteiger partial charge in [-0.2, -0.15) is 0 Å². The predicted molar refractivity (Wildman–Crippen MR) is 115 cm³/mol. The van der Waals surface area contributed by atoms with Gasteiger partial charge in [0, 0.05) is 18.0 Å². The second kappa shape index (κ2) is 10.0. The van der Waals surface area contributed by atoms with E-state index in [4.69, 9.17) is 4.99 Å². The van der Waals surface area contributed by atoms with Gasteiger partial charge in [0.2, 0.25) is 0 Å². The number of aliphatic imine (C=N–C) groups is 1. The summed E-state index contributed by atoms with van der Waals surface area (Å²) in [6.07, 6.45) is 2.07. The molecule has 0 aliphatic carbocycles. The zero-order valence-electron chi connectivity index (χ0n) is 16.7. The molecule has 0 saturated carbocycles. The van der Waals surface area contributed by atoms with Crippen molar-refractivity contribution in [1.29, 1.82) is 0 Å². The minimum absolute atomic E-state index is 0.302. The Morgan fingerprint density at radius 2 is 2.00 bits per heavy atom. The molecule has 7 heteroatoms. The molecule has 2 heterocycles. The molecule has 0 spiro atoms. The molecule has 148 valence electrons. The second-order valence-electron chi connectivity index (χ2n) is 6.89. The third-order valence-corrected chi connectivity index (χ3v) is 5.54. The number of benzene rings is 1. The molecule has 3 rings (SSSR count). The molecule has 0 aliphatic heterocycles. The van der Waals surface area contributed by atoms with Gasteiger partial charge < -0.3 is 15.2 Å². The van der Waals surface area contributed by atoms with Crippen LogP contribution in [-0.2, 0) is 26.6 Å². The fourth-order valence-electron chi connectivity index (χ4n) is 2.81. The number of aryl methyl sites for hydroxylation is 2. The fourth-order valence-corrected chi connectivity index (χ4v) is 3.45. The van der Waals surface area contributed by atoms with Crippen molar-refractivity contribution in [2.45, 2.75) is 45.8 Å². The molecule has 1 atom stereocenters. The number of nitrogens with one attached hydrogen (secondary N) is 2. The van der Waals surface area contributed by atoms with Crippen molar-refractivity contribution >= 4 is 17.3 Å². The minimum Gasteiger partial charge on any atom is -0.354 e. The predicted octanol–water partition coefficient (Wildman–Crippen LogP) is 3.44. The van der Waals surface area contributed by atoms with Crippen LogP contribution in [0.15, 0.2) is 52.8 Å². The van der Waals surface area contributed by atoms with Crippen LogP contribution in [0.4, 0.5) is 0 Å². The topological polar surface area (TPSA) is 67.1 Å². The monoisotopic (exact) mass is 396 g/mol. The Morgan fingerprint density at radius 3 is 2.68 bits per heavy atom. The summed E-state index contributed by atoms with van der Waals surface area (Å²) < 4.78 is 1.97. The van der Waals surface area contributed by atoms with Crippen molar-refractivity contribution in [3.8, 4) is 0 Å². The van der Waals surface area contributed by atoms with Crippen molar-refractivity contribution in [2.75, 3.05) is 0 Å². The smallest absolute Gasteiger partial charge is 0.192 e. The molecule has 0 bridgehead atoms. The number of rotatable bonds is 8. The van der Waals surface area contributed by atoms with Crippen LogP contribution in [0, 0.1) is 6.92 Å². The van der Waals surface area contributed by atoms with Crippen molar-refractivity contribution in [3.63, 3.8) is 0 Å². The first-order chi connectivity index (χ1) is 13.6. The molecule has 2 N–H and O–H groups in total. The summed E-state index contributed by atoms with van der Waals surface area (Å²) in [6, 6.07) is 15.1. The summed E-state index contributed by atoms with van der Waals surface area (Å²) in [6.45, 7) is 5.38. The Hall–Kier alpha value is -2.67. The van der Waals surface area contributed by atoms with Crippen molar-refractivity contribution < 1.29 is 0 Å². The third-order valence-electron chi connectivity index (χ3n) is 4.66. The lowest BCUT2D eigenvalue weighted by molar-refractivity contribution is 0.591. The van der Waals surface area contributed by atoms with Gasteiger partial charge >= 0.3 is 0 Å². The highest BCUT2D eigenvalue weighted by Crippen LogP contribution is 2.08. The third kappa shape index (κ3) is 5.92. The number of hydrogen-bond acceptors (Lipinski definition) is 4. The van der Waals surface area contributed by atoms with Crippen LogP contribution in [0.3, 0.4) is 0 Å². The van der Waals surface area contributed by atoms with Crippen LogP contribution >= 0.6 is 11.3 Å². The molecule has 3 aromatic rings. The van der Waals surface area contributed by atoms with E-state index < -0.39 is 0 Å². The van der Waals surface area contributed by atoms with Gasteiger partial charge in [0.15, 0.2) is 11.8 Å². The lowest BCUT2D eigenvalue weighted by atomic mass is 10.1. The standard InChI is InChI=1S/C21H28N6S/c1-16(11-12-18-8-5-4-6-9-18)24-21(22-14-19-10-7-13-28-19)23-15-20-26-25-17(2)27(20)3/h4-10,13,16H,11-12,14-15H2,1-3H3,(H2,22,23,24).